The first-order valence-electron chi connectivity index (χ1n) is 7.64. The summed E-state index contributed by atoms with van der Waals surface area (Å²) in [6, 6.07) is 6.02. The lowest BCUT2D eigenvalue weighted by atomic mass is 10.1. The van der Waals surface area contributed by atoms with Gasteiger partial charge in [0.15, 0.2) is 0 Å². The highest BCUT2D eigenvalue weighted by Crippen LogP contribution is 2.27. The zero-order chi connectivity index (χ0) is 15.2. The van der Waals surface area contributed by atoms with E-state index in [0.29, 0.717) is 6.54 Å². The highest BCUT2D eigenvalue weighted by atomic mass is 35.5. The summed E-state index contributed by atoms with van der Waals surface area (Å²) in [5.41, 5.74) is 2.37. The average Bonchev–Trinajstić information content (AvgIpc) is 2.48. The maximum absolute atomic E-state index is 9.38. The maximum Gasteiger partial charge on any atom is 0.0984 e. The van der Waals surface area contributed by atoms with Crippen LogP contribution >= 0.6 is 11.6 Å². The molecule has 1 saturated heterocycles. The first-order chi connectivity index (χ1) is 10.1. The molecule has 4 nitrogen and oxygen atoms in total. The van der Waals surface area contributed by atoms with Crippen LogP contribution in [0, 0.1) is 0 Å². The Bertz CT molecular complexity index is 456. The van der Waals surface area contributed by atoms with Crippen LogP contribution in [0.5, 0.6) is 0 Å². The van der Waals surface area contributed by atoms with Gasteiger partial charge in [0, 0.05) is 30.3 Å². The van der Waals surface area contributed by atoms with Crippen molar-refractivity contribution in [1.29, 1.82) is 0 Å². The third-order valence-electron chi connectivity index (χ3n) is 3.66. The molecule has 1 heterocycles. The van der Waals surface area contributed by atoms with Gasteiger partial charge in [-0.1, -0.05) is 24.6 Å². The molecule has 1 aromatic rings. The minimum atomic E-state index is -0.135. The smallest absolute Gasteiger partial charge is 0.0984 e. The quantitative estimate of drug-likeness (QED) is 0.792. The second-order valence-corrected chi connectivity index (χ2v) is 6.04. The Morgan fingerprint density at radius 3 is 2.95 bits per heavy atom. The Kier molecular flexibility index (Phi) is 6.30. The summed E-state index contributed by atoms with van der Waals surface area (Å²) in [4.78, 5) is 2.27. The van der Waals surface area contributed by atoms with Gasteiger partial charge in [0.2, 0.25) is 0 Å². The highest BCUT2D eigenvalue weighted by molar-refractivity contribution is 6.30. The molecule has 0 saturated carbocycles. The van der Waals surface area contributed by atoms with Gasteiger partial charge in [-0.15, -0.1) is 0 Å². The fourth-order valence-corrected chi connectivity index (χ4v) is 2.89. The summed E-state index contributed by atoms with van der Waals surface area (Å²) in [7, 11) is 0. The molecule has 0 aliphatic carbocycles. The summed E-state index contributed by atoms with van der Waals surface area (Å²) in [5.74, 6) is 0. The summed E-state index contributed by atoms with van der Waals surface area (Å²) in [6.45, 7) is 7.58. The predicted octanol–water partition coefficient (Wildman–Crippen LogP) is 2.43. The molecule has 2 rings (SSSR count). The van der Waals surface area contributed by atoms with Gasteiger partial charge in [-0.25, -0.2) is 0 Å². The van der Waals surface area contributed by atoms with Crippen LogP contribution in [0.25, 0.3) is 0 Å². The summed E-state index contributed by atoms with van der Waals surface area (Å²) < 4.78 is 5.72. The molecule has 118 valence electrons. The van der Waals surface area contributed by atoms with E-state index in [2.05, 4.69) is 23.2 Å². The van der Waals surface area contributed by atoms with E-state index in [9.17, 15) is 5.11 Å². The fourth-order valence-electron chi connectivity index (χ4n) is 2.72. The summed E-state index contributed by atoms with van der Waals surface area (Å²) in [5, 5.41) is 13.6. The van der Waals surface area contributed by atoms with Gasteiger partial charge in [-0.2, -0.15) is 0 Å². The van der Waals surface area contributed by atoms with Crippen LogP contribution in [0.2, 0.25) is 5.02 Å². The SMILES string of the molecule is CCCNCc1ccc(Cl)cc1N1CC(C)OC(CO)C1. The number of hydrogen-bond acceptors (Lipinski definition) is 4. The zero-order valence-corrected chi connectivity index (χ0v) is 13.6. The van der Waals surface area contributed by atoms with E-state index in [4.69, 9.17) is 16.3 Å². The van der Waals surface area contributed by atoms with Gasteiger partial charge in [-0.05, 0) is 37.6 Å². The number of halogens is 1. The van der Waals surface area contributed by atoms with E-state index in [0.717, 1.165) is 36.8 Å². The lowest BCUT2D eigenvalue weighted by molar-refractivity contribution is -0.0421. The monoisotopic (exact) mass is 312 g/mol. The van der Waals surface area contributed by atoms with Gasteiger partial charge in [-0.3, -0.25) is 0 Å². The highest BCUT2D eigenvalue weighted by Gasteiger charge is 2.26. The zero-order valence-electron chi connectivity index (χ0n) is 12.8. The topological polar surface area (TPSA) is 44.7 Å². The number of benzene rings is 1. The van der Waals surface area contributed by atoms with Crippen molar-refractivity contribution in [2.45, 2.75) is 39.0 Å². The van der Waals surface area contributed by atoms with Crippen LogP contribution in [0.15, 0.2) is 18.2 Å². The number of ether oxygens (including phenoxy) is 1. The third-order valence-corrected chi connectivity index (χ3v) is 3.90. The molecular weight excluding hydrogens is 288 g/mol. The van der Waals surface area contributed by atoms with E-state index < -0.39 is 0 Å². The molecule has 0 radical (unpaired) electrons. The van der Waals surface area contributed by atoms with E-state index >= 15 is 0 Å². The molecule has 1 fully saturated rings. The molecular formula is C16H25ClN2O2. The molecule has 21 heavy (non-hydrogen) atoms. The number of rotatable bonds is 6. The van der Waals surface area contributed by atoms with Crippen molar-refractivity contribution in [2.75, 3.05) is 31.1 Å². The van der Waals surface area contributed by atoms with Gasteiger partial charge < -0.3 is 20.1 Å². The molecule has 5 heteroatoms. The summed E-state index contributed by atoms with van der Waals surface area (Å²) >= 11 is 6.18. The van der Waals surface area contributed by atoms with Crippen LogP contribution in [0.1, 0.15) is 25.8 Å². The largest absolute Gasteiger partial charge is 0.394 e. The molecule has 2 unspecified atom stereocenters. The Balaban J connectivity index is 2.17. The molecule has 0 bridgehead atoms. The van der Waals surface area contributed by atoms with Crippen LogP contribution in [-0.4, -0.2) is 43.6 Å². The van der Waals surface area contributed by atoms with Crippen molar-refractivity contribution >= 4 is 17.3 Å². The van der Waals surface area contributed by atoms with E-state index in [1.807, 2.05) is 19.1 Å². The second kappa shape index (κ2) is 7.99. The minimum Gasteiger partial charge on any atom is -0.394 e. The standard InChI is InChI=1S/C16H25ClN2O2/c1-3-6-18-8-13-4-5-14(17)7-16(13)19-9-12(2)21-15(10-19)11-20/h4-5,7,12,15,18,20H,3,6,8-11H2,1-2H3. The normalized spacial score (nSPS) is 22.6. The number of nitrogens with one attached hydrogen (secondary N) is 1. The van der Waals surface area contributed by atoms with Crippen molar-refractivity contribution in [3.05, 3.63) is 28.8 Å². The lowest BCUT2D eigenvalue weighted by Gasteiger charge is -2.38. The third kappa shape index (κ3) is 4.58. The summed E-state index contributed by atoms with van der Waals surface area (Å²) in [6.07, 6.45) is 1.08. The number of morpholine rings is 1. The number of nitrogens with zero attached hydrogens (tertiary/aromatic N) is 1. The van der Waals surface area contributed by atoms with Crippen molar-refractivity contribution in [2.24, 2.45) is 0 Å². The number of aliphatic hydroxyl groups excluding tert-OH is 1. The molecule has 1 aromatic carbocycles. The van der Waals surface area contributed by atoms with Gasteiger partial charge >= 0.3 is 0 Å². The Hall–Kier alpha value is -0.810. The first kappa shape index (κ1) is 16.6. The van der Waals surface area contributed by atoms with Crippen LogP contribution in [0.4, 0.5) is 5.69 Å². The van der Waals surface area contributed by atoms with Crippen LogP contribution in [-0.2, 0) is 11.3 Å². The van der Waals surface area contributed by atoms with Crippen molar-refractivity contribution in [3.63, 3.8) is 0 Å². The maximum atomic E-state index is 9.38. The first-order valence-corrected chi connectivity index (χ1v) is 8.02. The van der Waals surface area contributed by atoms with Crippen molar-refractivity contribution in [3.8, 4) is 0 Å². The predicted molar refractivity (Wildman–Crippen MR) is 87.1 cm³/mol. The molecule has 2 N–H and O–H groups in total. The molecule has 1 aliphatic heterocycles. The molecule has 0 spiro atoms. The lowest BCUT2D eigenvalue weighted by Crippen LogP contribution is -2.48. The molecule has 0 aromatic heterocycles. The van der Waals surface area contributed by atoms with Gasteiger partial charge in [0.05, 0.1) is 18.8 Å². The van der Waals surface area contributed by atoms with Crippen molar-refractivity contribution in [1.82, 2.24) is 5.32 Å². The van der Waals surface area contributed by atoms with Crippen molar-refractivity contribution < 1.29 is 9.84 Å². The van der Waals surface area contributed by atoms with Crippen LogP contribution < -0.4 is 10.2 Å². The van der Waals surface area contributed by atoms with E-state index in [1.165, 1.54) is 5.56 Å². The Morgan fingerprint density at radius 1 is 1.43 bits per heavy atom. The molecule has 2 atom stereocenters. The number of aliphatic hydroxyl groups is 1. The average molecular weight is 313 g/mol. The van der Waals surface area contributed by atoms with E-state index in [-0.39, 0.29) is 18.8 Å². The van der Waals surface area contributed by atoms with Gasteiger partial charge in [0.1, 0.15) is 0 Å². The molecule has 1 aliphatic rings. The number of anilines is 1. The van der Waals surface area contributed by atoms with Crippen LogP contribution in [0.3, 0.4) is 0 Å². The Labute approximate surface area is 132 Å². The number of hydrogen-bond donors (Lipinski definition) is 2. The fraction of sp³-hybridized carbons (Fsp3) is 0.625. The molecule has 0 amide bonds. The van der Waals surface area contributed by atoms with Gasteiger partial charge in [0.25, 0.3) is 0 Å². The second-order valence-electron chi connectivity index (χ2n) is 5.61. The Morgan fingerprint density at radius 2 is 2.24 bits per heavy atom. The van der Waals surface area contributed by atoms with E-state index in [1.54, 1.807) is 0 Å². The minimum absolute atomic E-state index is 0.0465.